The highest BCUT2D eigenvalue weighted by atomic mass is 16.5. The first-order chi connectivity index (χ1) is 9.47. The Kier molecular flexibility index (Phi) is 4.27. The molecule has 0 bridgehead atoms. The van der Waals surface area contributed by atoms with Gasteiger partial charge in [0, 0.05) is 12.5 Å². The molecule has 1 atom stereocenters. The number of hydrogen-bond acceptors (Lipinski definition) is 3. The van der Waals surface area contributed by atoms with E-state index in [9.17, 15) is 9.59 Å². The fourth-order valence-corrected chi connectivity index (χ4v) is 1.95. The second-order valence-corrected chi connectivity index (χ2v) is 5.28. The van der Waals surface area contributed by atoms with Gasteiger partial charge in [0.2, 0.25) is 5.91 Å². The Morgan fingerprint density at radius 3 is 2.90 bits per heavy atom. The van der Waals surface area contributed by atoms with E-state index in [4.69, 9.17) is 4.74 Å². The molecule has 0 radical (unpaired) electrons. The lowest BCUT2D eigenvalue weighted by Gasteiger charge is -2.23. The van der Waals surface area contributed by atoms with Crippen molar-refractivity contribution in [2.75, 3.05) is 11.9 Å². The molecule has 0 saturated carbocycles. The molecule has 5 heteroatoms. The molecule has 20 heavy (non-hydrogen) atoms. The van der Waals surface area contributed by atoms with Crippen LogP contribution in [-0.2, 0) is 16.0 Å². The third-order valence-electron chi connectivity index (χ3n) is 3.21. The molecule has 108 valence electrons. The van der Waals surface area contributed by atoms with Crippen LogP contribution in [0.25, 0.3) is 0 Å². The van der Waals surface area contributed by atoms with Crippen molar-refractivity contribution in [1.29, 1.82) is 0 Å². The van der Waals surface area contributed by atoms with Crippen molar-refractivity contribution in [3.05, 3.63) is 23.8 Å². The SMILES string of the molecule is CC(C)C(=O)NCCc1ccc2c(c1)NC(=O)C(C)O2. The summed E-state index contributed by atoms with van der Waals surface area (Å²) >= 11 is 0. The summed E-state index contributed by atoms with van der Waals surface area (Å²) in [4.78, 5) is 23.0. The Labute approximate surface area is 118 Å². The van der Waals surface area contributed by atoms with Crippen LogP contribution in [0, 0.1) is 5.92 Å². The maximum atomic E-state index is 11.6. The standard InChI is InChI=1S/C15H20N2O3/c1-9(2)14(18)16-7-6-11-4-5-13-12(8-11)17-15(19)10(3)20-13/h4-5,8-10H,6-7H2,1-3H3,(H,16,18)(H,17,19). The third-order valence-corrected chi connectivity index (χ3v) is 3.21. The second-order valence-electron chi connectivity index (χ2n) is 5.28. The number of carbonyl (C=O) groups is 2. The summed E-state index contributed by atoms with van der Waals surface area (Å²) < 4.78 is 5.49. The quantitative estimate of drug-likeness (QED) is 0.880. The van der Waals surface area contributed by atoms with Gasteiger partial charge in [-0.05, 0) is 31.0 Å². The summed E-state index contributed by atoms with van der Waals surface area (Å²) in [6.07, 6.45) is 0.260. The Balaban J connectivity index is 1.96. The number of anilines is 1. The van der Waals surface area contributed by atoms with Crippen LogP contribution in [0.3, 0.4) is 0 Å². The minimum atomic E-state index is -0.460. The molecule has 0 aliphatic carbocycles. The molecule has 2 rings (SSSR count). The zero-order chi connectivity index (χ0) is 14.7. The fraction of sp³-hybridized carbons (Fsp3) is 0.467. The Morgan fingerprint density at radius 1 is 1.45 bits per heavy atom. The molecular formula is C15H20N2O3. The minimum Gasteiger partial charge on any atom is -0.479 e. The second kappa shape index (κ2) is 5.94. The van der Waals surface area contributed by atoms with Crippen LogP contribution in [0.15, 0.2) is 18.2 Å². The van der Waals surface area contributed by atoms with Gasteiger partial charge >= 0.3 is 0 Å². The Bertz CT molecular complexity index is 526. The third kappa shape index (κ3) is 3.29. The number of hydrogen-bond donors (Lipinski definition) is 2. The molecule has 0 aromatic heterocycles. The van der Waals surface area contributed by atoms with Crippen molar-refractivity contribution in [2.45, 2.75) is 33.3 Å². The maximum absolute atomic E-state index is 11.6. The van der Waals surface area contributed by atoms with Crippen LogP contribution in [0.1, 0.15) is 26.3 Å². The van der Waals surface area contributed by atoms with Gasteiger partial charge in [-0.25, -0.2) is 0 Å². The van der Waals surface area contributed by atoms with E-state index in [-0.39, 0.29) is 17.7 Å². The minimum absolute atomic E-state index is 0.00675. The summed E-state index contributed by atoms with van der Waals surface area (Å²) in [5.74, 6) is 0.593. The predicted molar refractivity (Wildman–Crippen MR) is 76.7 cm³/mol. The van der Waals surface area contributed by atoms with Crippen LogP contribution in [-0.4, -0.2) is 24.5 Å². The molecule has 1 aromatic carbocycles. The van der Waals surface area contributed by atoms with Gasteiger partial charge in [-0.15, -0.1) is 0 Å². The molecule has 0 saturated heterocycles. The Hall–Kier alpha value is -2.04. The largest absolute Gasteiger partial charge is 0.479 e. The molecule has 0 fully saturated rings. The van der Waals surface area contributed by atoms with Crippen molar-refractivity contribution in [3.8, 4) is 5.75 Å². The number of nitrogens with one attached hydrogen (secondary N) is 2. The van der Waals surface area contributed by atoms with Crippen molar-refractivity contribution >= 4 is 17.5 Å². The van der Waals surface area contributed by atoms with Gasteiger partial charge < -0.3 is 15.4 Å². The maximum Gasteiger partial charge on any atom is 0.265 e. The topological polar surface area (TPSA) is 67.4 Å². The first kappa shape index (κ1) is 14.4. The summed E-state index contributed by atoms with van der Waals surface area (Å²) in [6, 6.07) is 5.69. The summed E-state index contributed by atoms with van der Waals surface area (Å²) in [5, 5.41) is 5.69. The van der Waals surface area contributed by atoms with Gasteiger partial charge in [0.05, 0.1) is 5.69 Å². The van der Waals surface area contributed by atoms with Crippen molar-refractivity contribution in [2.24, 2.45) is 5.92 Å². The van der Waals surface area contributed by atoms with E-state index in [0.29, 0.717) is 18.0 Å². The molecule has 1 aliphatic rings. The number of amides is 2. The van der Waals surface area contributed by atoms with Gasteiger partial charge in [-0.3, -0.25) is 9.59 Å². The summed E-state index contributed by atoms with van der Waals surface area (Å²) in [5.41, 5.74) is 1.74. The molecule has 1 aromatic rings. The Morgan fingerprint density at radius 2 is 2.20 bits per heavy atom. The highest BCUT2D eigenvalue weighted by molar-refractivity contribution is 5.97. The van der Waals surface area contributed by atoms with Crippen LogP contribution in [0.2, 0.25) is 0 Å². The number of fused-ring (bicyclic) bond motifs is 1. The van der Waals surface area contributed by atoms with Crippen molar-refractivity contribution in [1.82, 2.24) is 5.32 Å². The monoisotopic (exact) mass is 276 g/mol. The first-order valence-corrected chi connectivity index (χ1v) is 6.85. The van der Waals surface area contributed by atoms with Crippen LogP contribution in [0.5, 0.6) is 5.75 Å². The number of carbonyl (C=O) groups excluding carboxylic acids is 2. The lowest BCUT2D eigenvalue weighted by molar-refractivity contribution is -0.124. The molecular weight excluding hydrogens is 256 g/mol. The van der Waals surface area contributed by atoms with Gasteiger partial charge in [-0.1, -0.05) is 19.9 Å². The van der Waals surface area contributed by atoms with Crippen LogP contribution in [0.4, 0.5) is 5.69 Å². The van der Waals surface area contributed by atoms with E-state index >= 15 is 0 Å². The highest BCUT2D eigenvalue weighted by Crippen LogP contribution is 2.30. The van der Waals surface area contributed by atoms with Gasteiger partial charge in [0.15, 0.2) is 6.10 Å². The molecule has 5 nitrogen and oxygen atoms in total. The zero-order valence-electron chi connectivity index (χ0n) is 12.0. The fourth-order valence-electron chi connectivity index (χ4n) is 1.95. The first-order valence-electron chi connectivity index (χ1n) is 6.85. The molecule has 1 unspecified atom stereocenters. The van der Waals surface area contributed by atoms with E-state index in [0.717, 1.165) is 12.0 Å². The average molecular weight is 276 g/mol. The summed E-state index contributed by atoms with van der Waals surface area (Å²) in [6.45, 7) is 6.03. The van der Waals surface area contributed by atoms with Gasteiger partial charge in [0.25, 0.3) is 5.91 Å². The smallest absolute Gasteiger partial charge is 0.265 e. The molecule has 2 amide bonds. The zero-order valence-corrected chi connectivity index (χ0v) is 12.0. The van der Waals surface area contributed by atoms with Gasteiger partial charge in [0.1, 0.15) is 5.75 Å². The number of ether oxygens (including phenoxy) is 1. The van der Waals surface area contributed by atoms with Crippen molar-refractivity contribution in [3.63, 3.8) is 0 Å². The van der Waals surface area contributed by atoms with E-state index in [1.54, 1.807) is 6.92 Å². The van der Waals surface area contributed by atoms with E-state index in [1.165, 1.54) is 0 Å². The number of rotatable bonds is 4. The highest BCUT2D eigenvalue weighted by Gasteiger charge is 2.23. The predicted octanol–water partition coefficient (Wildman–Crippen LogP) is 1.72. The van der Waals surface area contributed by atoms with Gasteiger partial charge in [-0.2, -0.15) is 0 Å². The molecule has 0 spiro atoms. The molecule has 1 aliphatic heterocycles. The average Bonchev–Trinajstić information content (AvgIpc) is 2.40. The van der Waals surface area contributed by atoms with Crippen molar-refractivity contribution < 1.29 is 14.3 Å². The van der Waals surface area contributed by atoms with E-state index in [2.05, 4.69) is 10.6 Å². The molecule has 2 N–H and O–H groups in total. The van der Waals surface area contributed by atoms with E-state index in [1.807, 2.05) is 32.0 Å². The van der Waals surface area contributed by atoms with Crippen LogP contribution < -0.4 is 15.4 Å². The van der Waals surface area contributed by atoms with E-state index < -0.39 is 6.10 Å². The van der Waals surface area contributed by atoms with Crippen LogP contribution >= 0.6 is 0 Å². The molecule has 1 heterocycles. The lowest BCUT2D eigenvalue weighted by Crippen LogP contribution is -2.34. The number of benzene rings is 1. The normalized spacial score (nSPS) is 17.2. The summed E-state index contributed by atoms with van der Waals surface area (Å²) in [7, 11) is 0. The lowest BCUT2D eigenvalue weighted by atomic mass is 10.1.